The lowest BCUT2D eigenvalue weighted by Crippen LogP contribution is -2.24. The summed E-state index contributed by atoms with van der Waals surface area (Å²) in [7, 11) is 0. The van der Waals surface area contributed by atoms with Gasteiger partial charge in [-0.2, -0.15) is 0 Å². The number of rotatable bonds is 7. The van der Waals surface area contributed by atoms with Crippen molar-refractivity contribution in [1.29, 1.82) is 0 Å². The van der Waals surface area contributed by atoms with Crippen molar-refractivity contribution in [2.75, 3.05) is 6.67 Å². The standard InChI is InChI=1S/C22H26F2O/c1-2-3-4-5-16-6-8-17(9-7-16)18-12-19-15-25-20(10-11-23)14-21(19)22(24)13-18/h6-9,12-13,20H,2-5,10-11,14-15H2,1H3. The quantitative estimate of drug-likeness (QED) is 0.558. The molecule has 0 saturated heterocycles. The Morgan fingerprint density at radius 1 is 1.08 bits per heavy atom. The van der Waals surface area contributed by atoms with Crippen LogP contribution >= 0.6 is 0 Å². The minimum atomic E-state index is -0.426. The summed E-state index contributed by atoms with van der Waals surface area (Å²) in [6.45, 7) is 2.14. The molecule has 0 radical (unpaired) electrons. The predicted octanol–water partition coefficient (Wildman–Crippen LogP) is 6.03. The molecule has 2 aromatic carbocycles. The fourth-order valence-corrected chi connectivity index (χ4v) is 3.46. The van der Waals surface area contributed by atoms with E-state index in [9.17, 15) is 8.78 Å². The molecule has 1 heterocycles. The maximum Gasteiger partial charge on any atom is 0.127 e. The van der Waals surface area contributed by atoms with Crippen molar-refractivity contribution >= 4 is 0 Å². The molecule has 3 rings (SSSR count). The summed E-state index contributed by atoms with van der Waals surface area (Å²) in [6, 6.07) is 12.0. The molecular weight excluding hydrogens is 318 g/mol. The monoisotopic (exact) mass is 344 g/mol. The SMILES string of the molecule is CCCCCc1ccc(-c2cc(F)c3c(c2)COC(CCF)C3)cc1. The zero-order chi connectivity index (χ0) is 17.6. The van der Waals surface area contributed by atoms with E-state index in [1.807, 2.05) is 6.07 Å². The summed E-state index contributed by atoms with van der Waals surface area (Å²) >= 11 is 0. The zero-order valence-electron chi connectivity index (χ0n) is 14.9. The van der Waals surface area contributed by atoms with Crippen molar-refractivity contribution in [2.24, 2.45) is 0 Å². The van der Waals surface area contributed by atoms with Crippen LogP contribution in [0.5, 0.6) is 0 Å². The van der Waals surface area contributed by atoms with E-state index < -0.39 is 6.67 Å². The van der Waals surface area contributed by atoms with Gasteiger partial charge in [0, 0.05) is 12.8 Å². The fourth-order valence-electron chi connectivity index (χ4n) is 3.46. The smallest absolute Gasteiger partial charge is 0.127 e. The summed E-state index contributed by atoms with van der Waals surface area (Å²) in [6.07, 6.45) is 5.36. The highest BCUT2D eigenvalue weighted by Crippen LogP contribution is 2.30. The van der Waals surface area contributed by atoms with E-state index in [0.29, 0.717) is 25.0 Å². The molecule has 1 aliphatic rings. The Morgan fingerprint density at radius 3 is 2.60 bits per heavy atom. The Labute approximate surface area is 149 Å². The molecule has 0 amide bonds. The first kappa shape index (κ1) is 18.1. The largest absolute Gasteiger partial charge is 0.373 e. The van der Waals surface area contributed by atoms with Crippen LogP contribution in [-0.2, 0) is 24.2 Å². The third kappa shape index (κ3) is 4.46. The summed E-state index contributed by atoms with van der Waals surface area (Å²) in [4.78, 5) is 0. The van der Waals surface area contributed by atoms with Gasteiger partial charge in [-0.25, -0.2) is 4.39 Å². The van der Waals surface area contributed by atoms with Crippen LogP contribution in [0.25, 0.3) is 11.1 Å². The summed E-state index contributed by atoms with van der Waals surface area (Å²) < 4.78 is 32.7. The molecule has 1 aliphatic heterocycles. The number of ether oxygens (including phenoxy) is 1. The molecule has 3 heteroatoms. The molecule has 0 aromatic heterocycles. The Balaban J connectivity index is 1.76. The van der Waals surface area contributed by atoms with E-state index in [1.54, 1.807) is 6.07 Å². The maximum atomic E-state index is 14.6. The van der Waals surface area contributed by atoms with E-state index in [-0.39, 0.29) is 11.9 Å². The molecule has 0 bridgehead atoms. The first-order valence-electron chi connectivity index (χ1n) is 9.29. The van der Waals surface area contributed by atoms with Crippen molar-refractivity contribution < 1.29 is 13.5 Å². The summed E-state index contributed by atoms with van der Waals surface area (Å²) in [5.74, 6) is -0.202. The van der Waals surface area contributed by atoms with E-state index in [1.165, 1.54) is 24.8 Å². The molecule has 25 heavy (non-hydrogen) atoms. The highest BCUT2D eigenvalue weighted by Gasteiger charge is 2.22. The number of unbranched alkanes of at least 4 members (excludes halogenated alkanes) is 2. The Hall–Kier alpha value is -1.74. The zero-order valence-corrected chi connectivity index (χ0v) is 14.9. The van der Waals surface area contributed by atoms with Crippen LogP contribution in [0.15, 0.2) is 36.4 Å². The van der Waals surface area contributed by atoms with E-state index in [4.69, 9.17) is 4.74 Å². The maximum absolute atomic E-state index is 14.6. The average molecular weight is 344 g/mol. The van der Waals surface area contributed by atoms with Crippen molar-refractivity contribution in [2.45, 2.75) is 58.2 Å². The van der Waals surface area contributed by atoms with Gasteiger partial charge in [0.1, 0.15) is 5.82 Å². The topological polar surface area (TPSA) is 9.23 Å². The van der Waals surface area contributed by atoms with E-state index in [0.717, 1.165) is 23.1 Å². The number of fused-ring (bicyclic) bond motifs is 1. The lowest BCUT2D eigenvalue weighted by Gasteiger charge is -2.25. The molecule has 0 fully saturated rings. The van der Waals surface area contributed by atoms with Crippen molar-refractivity contribution in [3.8, 4) is 11.1 Å². The van der Waals surface area contributed by atoms with Gasteiger partial charge >= 0.3 is 0 Å². The Morgan fingerprint density at radius 2 is 1.88 bits per heavy atom. The number of halogens is 2. The van der Waals surface area contributed by atoms with Crippen LogP contribution in [0.1, 0.15) is 49.3 Å². The van der Waals surface area contributed by atoms with Crippen LogP contribution in [0, 0.1) is 5.82 Å². The number of alkyl halides is 1. The van der Waals surface area contributed by atoms with Crippen molar-refractivity contribution in [3.63, 3.8) is 0 Å². The highest BCUT2D eigenvalue weighted by atomic mass is 19.1. The van der Waals surface area contributed by atoms with Gasteiger partial charge in [0.25, 0.3) is 0 Å². The first-order valence-corrected chi connectivity index (χ1v) is 9.29. The summed E-state index contributed by atoms with van der Waals surface area (Å²) in [5.41, 5.74) is 4.80. The number of benzene rings is 2. The van der Waals surface area contributed by atoms with Crippen LogP contribution in [0.2, 0.25) is 0 Å². The average Bonchev–Trinajstić information content (AvgIpc) is 2.63. The summed E-state index contributed by atoms with van der Waals surface area (Å²) in [5, 5.41) is 0. The van der Waals surface area contributed by atoms with Gasteiger partial charge in [-0.05, 0) is 52.8 Å². The number of hydrogen-bond acceptors (Lipinski definition) is 1. The molecule has 2 aromatic rings. The van der Waals surface area contributed by atoms with E-state index in [2.05, 4.69) is 31.2 Å². The minimum Gasteiger partial charge on any atom is -0.373 e. The highest BCUT2D eigenvalue weighted by molar-refractivity contribution is 5.65. The van der Waals surface area contributed by atoms with Gasteiger partial charge in [0.2, 0.25) is 0 Å². The van der Waals surface area contributed by atoms with Crippen molar-refractivity contribution in [3.05, 3.63) is 58.9 Å². The van der Waals surface area contributed by atoms with Crippen LogP contribution < -0.4 is 0 Å². The third-order valence-electron chi connectivity index (χ3n) is 4.98. The Bertz CT molecular complexity index is 694. The van der Waals surface area contributed by atoms with Gasteiger partial charge in [-0.1, -0.05) is 44.0 Å². The van der Waals surface area contributed by atoms with Gasteiger partial charge in [-0.3, -0.25) is 4.39 Å². The second-order valence-corrected chi connectivity index (χ2v) is 6.86. The lowest BCUT2D eigenvalue weighted by atomic mass is 9.92. The van der Waals surface area contributed by atoms with Gasteiger partial charge in [-0.15, -0.1) is 0 Å². The number of hydrogen-bond donors (Lipinski definition) is 0. The van der Waals surface area contributed by atoms with Gasteiger partial charge in [0.15, 0.2) is 0 Å². The van der Waals surface area contributed by atoms with Gasteiger partial charge in [0.05, 0.1) is 19.4 Å². The molecule has 0 aliphatic carbocycles. The second-order valence-electron chi connectivity index (χ2n) is 6.86. The molecule has 0 saturated carbocycles. The van der Waals surface area contributed by atoms with E-state index >= 15 is 0 Å². The predicted molar refractivity (Wildman–Crippen MR) is 97.9 cm³/mol. The van der Waals surface area contributed by atoms with Gasteiger partial charge < -0.3 is 4.74 Å². The molecule has 1 unspecified atom stereocenters. The molecule has 134 valence electrons. The van der Waals surface area contributed by atoms with Crippen LogP contribution in [0.4, 0.5) is 8.78 Å². The first-order chi connectivity index (χ1) is 12.2. The van der Waals surface area contributed by atoms with Crippen LogP contribution in [-0.4, -0.2) is 12.8 Å². The number of aryl methyl sites for hydroxylation is 1. The second kappa shape index (κ2) is 8.57. The molecule has 1 nitrogen and oxygen atoms in total. The molecule has 1 atom stereocenters. The van der Waals surface area contributed by atoms with Crippen molar-refractivity contribution in [1.82, 2.24) is 0 Å². The Kier molecular flexibility index (Phi) is 6.19. The minimum absolute atomic E-state index is 0.202. The fraction of sp³-hybridized carbons (Fsp3) is 0.455. The van der Waals surface area contributed by atoms with Crippen LogP contribution in [0.3, 0.4) is 0 Å². The normalized spacial score (nSPS) is 16.7. The molecule has 0 N–H and O–H groups in total. The lowest BCUT2D eigenvalue weighted by molar-refractivity contribution is 0.0184. The molecule has 0 spiro atoms. The molecular formula is C22H26F2O. The third-order valence-corrected chi connectivity index (χ3v) is 4.98.